The van der Waals surface area contributed by atoms with E-state index in [1.165, 1.54) is 0 Å². The number of halogens is 3. The summed E-state index contributed by atoms with van der Waals surface area (Å²) in [6.07, 6.45) is 7.87. The SMILES string of the molecule is CC(C)N1C=CN(C(C)C)C1=C1C=CN=[C]([Pd]([Cl])[Cl])C1Cl. The molecule has 0 fully saturated rings. The van der Waals surface area contributed by atoms with Crippen molar-refractivity contribution in [2.24, 2.45) is 4.99 Å². The van der Waals surface area contributed by atoms with Gasteiger partial charge >= 0.3 is 146 Å². The van der Waals surface area contributed by atoms with Crippen LogP contribution in [0.25, 0.3) is 0 Å². The Bertz CT molecular complexity index is 504. The first kappa shape index (κ1) is 17.4. The van der Waals surface area contributed by atoms with Gasteiger partial charge in [-0.2, -0.15) is 0 Å². The van der Waals surface area contributed by atoms with Gasteiger partial charge in [-0.05, 0) is 0 Å². The van der Waals surface area contributed by atoms with Crippen LogP contribution in [-0.4, -0.2) is 31.4 Å². The zero-order valence-electron chi connectivity index (χ0n) is 12.3. The predicted octanol–water partition coefficient (Wildman–Crippen LogP) is 4.56. The van der Waals surface area contributed by atoms with Crippen LogP contribution in [0.15, 0.2) is 41.1 Å². The molecular formula is C14H19Cl3N3Pd. The van der Waals surface area contributed by atoms with E-state index < -0.39 is 14.7 Å². The maximum absolute atomic E-state index is 6.60. The van der Waals surface area contributed by atoms with Gasteiger partial charge in [-0.1, -0.05) is 0 Å². The number of rotatable bonds is 3. The summed E-state index contributed by atoms with van der Waals surface area (Å²) >= 11 is 4.76. The summed E-state index contributed by atoms with van der Waals surface area (Å²) in [4.78, 5) is 8.71. The summed E-state index contributed by atoms with van der Waals surface area (Å²) in [6, 6.07) is 0.676. The fraction of sp³-hybridized carbons (Fsp3) is 0.500. The minimum absolute atomic E-state index is 0.338. The first-order valence-corrected chi connectivity index (χ1v) is 11.9. The van der Waals surface area contributed by atoms with Gasteiger partial charge in [0, 0.05) is 0 Å². The van der Waals surface area contributed by atoms with Crippen LogP contribution >= 0.6 is 30.7 Å². The van der Waals surface area contributed by atoms with Crippen LogP contribution in [0.5, 0.6) is 0 Å². The van der Waals surface area contributed by atoms with Crippen LogP contribution in [0, 0.1) is 0 Å². The van der Waals surface area contributed by atoms with Crippen molar-refractivity contribution in [2.45, 2.75) is 45.2 Å². The third kappa shape index (κ3) is 3.51. The zero-order valence-corrected chi connectivity index (χ0v) is 16.2. The van der Waals surface area contributed by atoms with Gasteiger partial charge in [0.2, 0.25) is 0 Å². The quantitative estimate of drug-likeness (QED) is 0.472. The standard InChI is InChI=1S/C14H19ClN3.2ClH.Pd/c1-10(2)17-7-8-18(11(3)4)14(17)12-5-6-16-9-13(12)15;;;/h5-8,10-11,13H,1-4H3;2*1H;/q;;;+2/p-2. The molecule has 121 valence electrons. The summed E-state index contributed by atoms with van der Waals surface area (Å²) in [5.74, 6) is 1.09. The van der Waals surface area contributed by atoms with Crippen molar-refractivity contribution in [2.75, 3.05) is 0 Å². The molecule has 2 aliphatic rings. The average Bonchev–Trinajstić information content (AvgIpc) is 2.83. The molecule has 0 saturated carbocycles. The van der Waals surface area contributed by atoms with Gasteiger partial charge in [0.15, 0.2) is 0 Å². The van der Waals surface area contributed by atoms with Gasteiger partial charge < -0.3 is 0 Å². The fourth-order valence-corrected chi connectivity index (χ4v) is 5.32. The number of aliphatic imine (C=N–C) groups is 1. The molecule has 7 heteroatoms. The van der Waals surface area contributed by atoms with E-state index in [9.17, 15) is 0 Å². The summed E-state index contributed by atoms with van der Waals surface area (Å²) < 4.78 is 0.690. The van der Waals surface area contributed by atoms with Gasteiger partial charge in [0.05, 0.1) is 0 Å². The van der Waals surface area contributed by atoms with E-state index in [2.05, 4.69) is 54.9 Å². The number of nitrogens with zero attached hydrogens (tertiary/aromatic N) is 3. The van der Waals surface area contributed by atoms with Crippen LogP contribution in [-0.2, 0) is 14.7 Å². The van der Waals surface area contributed by atoms with Crippen molar-refractivity contribution >= 4 is 34.8 Å². The van der Waals surface area contributed by atoms with Crippen molar-refractivity contribution in [1.82, 2.24) is 9.80 Å². The number of hydrogen-bond acceptors (Lipinski definition) is 3. The van der Waals surface area contributed by atoms with Crippen LogP contribution in [0.2, 0.25) is 0 Å². The van der Waals surface area contributed by atoms with Crippen molar-refractivity contribution in [3.05, 3.63) is 36.1 Å². The van der Waals surface area contributed by atoms with E-state index in [4.69, 9.17) is 30.7 Å². The molecule has 0 saturated heterocycles. The molecule has 2 rings (SSSR count). The molecule has 0 aromatic heterocycles. The van der Waals surface area contributed by atoms with Gasteiger partial charge in [0.1, 0.15) is 0 Å². The van der Waals surface area contributed by atoms with Crippen molar-refractivity contribution in [3.8, 4) is 0 Å². The van der Waals surface area contributed by atoms with E-state index in [0.29, 0.717) is 16.3 Å². The Morgan fingerprint density at radius 2 is 1.62 bits per heavy atom. The first-order valence-electron chi connectivity index (χ1n) is 6.67. The Hall–Kier alpha value is 0.0223. The Balaban J connectivity index is 2.48. The fourth-order valence-electron chi connectivity index (χ4n) is 2.28. The van der Waals surface area contributed by atoms with Crippen molar-refractivity contribution in [3.63, 3.8) is 0 Å². The molecule has 1 atom stereocenters. The summed E-state index contributed by atoms with van der Waals surface area (Å²) in [7, 11) is 12.2. The van der Waals surface area contributed by atoms with Crippen LogP contribution in [0.4, 0.5) is 0 Å². The van der Waals surface area contributed by atoms with E-state index >= 15 is 0 Å². The zero-order chi connectivity index (χ0) is 15.7. The number of alkyl halides is 1. The second-order valence-corrected chi connectivity index (χ2v) is 10.9. The van der Waals surface area contributed by atoms with E-state index in [0.717, 1.165) is 11.4 Å². The van der Waals surface area contributed by atoms with E-state index in [-0.39, 0.29) is 5.38 Å². The van der Waals surface area contributed by atoms with Crippen molar-refractivity contribution in [1.29, 1.82) is 0 Å². The maximum atomic E-state index is 6.60. The van der Waals surface area contributed by atoms with E-state index in [1.54, 1.807) is 6.20 Å². The van der Waals surface area contributed by atoms with Gasteiger partial charge in [-0.15, -0.1) is 0 Å². The molecule has 21 heavy (non-hydrogen) atoms. The normalized spacial score (nSPS) is 22.8. The van der Waals surface area contributed by atoms with Crippen LogP contribution in [0.3, 0.4) is 0 Å². The Labute approximate surface area is 145 Å². The molecule has 0 spiro atoms. The molecule has 1 unspecified atom stereocenters. The molecule has 0 N–H and O–H groups in total. The molecule has 0 aliphatic carbocycles. The minimum atomic E-state index is -1.84. The molecule has 0 amide bonds. The summed E-state index contributed by atoms with van der Waals surface area (Å²) in [6.45, 7) is 8.61. The monoisotopic (exact) mass is 440 g/mol. The second-order valence-electron chi connectivity index (χ2n) is 5.34. The number of allylic oxidation sites excluding steroid dienone is 2. The molecule has 2 aliphatic heterocycles. The van der Waals surface area contributed by atoms with E-state index in [1.807, 2.05) is 6.08 Å². The average molecular weight is 442 g/mol. The molecule has 3 nitrogen and oxygen atoms in total. The van der Waals surface area contributed by atoms with Gasteiger partial charge in [-0.25, -0.2) is 0 Å². The molecular weight excluding hydrogens is 423 g/mol. The van der Waals surface area contributed by atoms with Crippen molar-refractivity contribution < 1.29 is 14.7 Å². The Morgan fingerprint density at radius 1 is 1.10 bits per heavy atom. The third-order valence-corrected chi connectivity index (χ3v) is 6.67. The molecule has 0 aromatic carbocycles. The van der Waals surface area contributed by atoms with Crippen LogP contribution < -0.4 is 0 Å². The summed E-state index contributed by atoms with van der Waals surface area (Å²) in [5, 5.41) is -0.372. The Morgan fingerprint density at radius 3 is 2.05 bits per heavy atom. The molecule has 0 bridgehead atoms. The third-order valence-electron chi connectivity index (χ3n) is 3.28. The summed E-state index contributed by atoms with van der Waals surface area (Å²) in [5.41, 5.74) is 1.00. The topological polar surface area (TPSA) is 18.8 Å². The first-order chi connectivity index (χ1) is 9.84. The predicted molar refractivity (Wildman–Crippen MR) is 88.0 cm³/mol. The van der Waals surface area contributed by atoms with Crippen LogP contribution in [0.1, 0.15) is 27.7 Å². The second kappa shape index (κ2) is 7.07. The molecule has 0 radical (unpaired) electrons. The Kier molecular flexibility index (Phi) is 5.85. The van der Waals surface area contributed by atoms with Gasteiger partial charge in [0.25, 0.3) is 0 Å². The molecule has 2 heterocycles. The number of hydrogen-bond donors (Lipinski definition) is 0. The van der Waals surface area contributed by atoms with Gasteiger partial charge in [-0.3, -0.25) is 0 Å². The molecule has 0 aromatic rings.